The van der Waals surface area contributed by atoms with Gasteiger partial charge in [-0.1, -0.05) is 18.5 Å². The molecule has 0 radical (unpaired) electrons. The minimum atomic E-state index is 0.366. The van der Waals surface area contributed by atoms with Gasteiger partial charge in [-0.15, -0.1) is 0 Å². The summed E-state index contributed by atoms with van der Waals surface area (Å²) >= 11 is 8.48. The van der Waals surface area contributed by atoms with E-state index in [4.69, 9.17) is 16.3 Å². The van der Waals surface area contributed by atoms with Crippen LogP contribution < -0.4 is 5.32 Å². The molecule has 0 aromatic heterocycles. The fourth-order valence-electron chi connectivity index (χ4n) is 1.90. The second-order valence-electron chi connectivity index (χ2n) is 4.31. The Morgan fingerprint density at radius 3 is 2.89 bits per heavy atom. The van der Waals surface area contributed by atoms with E-state index in [2.05, 4.69) is 47.0 Å². The lowest BCUT2D eigenvalue weighted by atomic mass is 10.0. The number of methoxy groups -OCH3 is 1. The second kappa shape index (κ2) is 9.13. The number of rotatable bonds is 8. The van der Waals surface area contributed by atoms with Gasteiger partial charge in [0, 0.05) is 28.4 Å². The van der Waals surface area contributed by atoms with Crippen LogP contribution in [-0.4, -0.2) is 20.3 Å². The van der Waals surface area contributed by atoms with Gasteiger partial charge >= 0.3 is 0 Å². The van der Waals surface area contributed by atoms with Crippen molar-refractivity contribution in [1.29, 1.82) is 0 Å². The average molecular weight is 382 g/mol. The van der Waals surface area contributed by atoms with Crippen molar-refractivity contribution in [3.05, 3.63) is 32.4 Å². The second-order valence-corrected chi connectivity index (χ2v) is 5.91. The Kier molecular flexibility index (Phi) is 8.22. The third-order valence-corrected chi connectivity index (χ3v) is 4.03. The van der Waals surface area contributed by atoms with Gasteiger partial charge in [-0.3, -0.25) is 0 Å². The first-order valence-electron chi connectivity index (χ1n) is 6.36. The van der Waals surface area contributed by atoms with E-state index >= 15 is 0 Å². The molecular weight excluding hydrogens is 361 g/mol. The Labute approximate surface area is 129 Å². The molecule has 0 aliphatic heterocycles. The highest BCUT2D eigenvalue weighted by molar-refractivity contribution is 14.1. The molecule has 0 amide bonds. The van der Waals surface area contributed by atoms with Crippen molar-refractivity contribution in [2.75, 3.05) is 20.3 Å². The molecule has 4 heteroatoms. The van der Waals surface area contributed by atoms with Crippen LogP contribution >= 0.6 is 34.2 Å². The van der Waals surface area contributed by atoms with Crippen LogP contribution in [-0.2, 0) is 4.74 Å². The third kappa shape index (κ3) is 5.43. The Bertz CT molecular complexity index is 360. The lowest BCUT2D eigenvalue weighted by Gasteiger charge is -2.20. The molecule has 0 spiro atoms. The molecule has 0 saturated heterocycles. The highest BCUT2D eigenvalue weighted by atomic mass is 127. The van der Waals surface area contributed by atoms with E-state index in [1.165, 1.54) is 9.13 Å². The molecule has 1 aromatic carbocycles. The molecule has 1 rings (SSSR count). The predicted molar refractivity (Wildman–Crippen MR) is 86.3 cm³/mol. The lowest BCUT2D eigenvalue weighted by Crippen LogP contribution is -2.23. The van der Waals surface area contributed by atoms with Gasteiger partial charge in [0.2, 0.25) is 0 Å². The minimum absolute atomic E-state index is 0.366. The SMILES string of the molecule is CCCNC(CCCOC)c1cc(Cl)ccc1I. The Balaban J connectivity index is 2.75. The Morgan fingerprint density at radius 1 is 1.44 bits per heavy atom. The predicted octanol–water partition coefficient (Wildman–Crippen LogP) is 4.41. The zero-order valence-corrected chi connectivity index (χ0v) is 13.9. The van der Waals surface area contributed by atoms with Gasteiger partial charge in [0.1, 0.15) is 0 Å². The molecule has 0 aliphatic carbocycles. The third-order valence-electron chi connectivity index (χ3n) is 2.82. The largest absolute Gasteiger partial charge is 0.385 e. The number of benzene rings is 1. The van der Waals surface area contributed by atoms with Crippen molar-refractivity contribution in [2.45, 2.75) is 32.2 Å². The summed E-state index contributed by atoms with van der Waals surface area (Å²) in [6, 6.07) is 6.46. The van der Waals surface area contributed by atoms with Crippen LogP contribution in [0.3, 0.4) is 0 Å². The molecular formula is C14H21ClINO. The topological polar surface area (TPSA) is 21.3 Å². The van der Waals surface area contributed by atoms with E-state index in [9.17, 15) is 0 Å². The van der Waals surface area contributed by atoms with Crippen LogP contribution in [0.1, 0.15) is 37.8 Å². The molecule has 1 unspecified atom stereocenters. The fourth-order valence-corrected chi connectivity index (χ4v) is 2.79. The monoisotopic (exact) mass is 381 g/mol. The van der Waals surface area contributed by atoms with Crippen LogP contribution in [0.25, 0.3) is 0 Å². The Hall–Kier alpha value is 0.160. The van der Waals surface area contributed by atoms with E-state index in [0.29, 0.717) is 6.04 Å². The van der Waals surface area contributed by atoms with Gasteiger partial charge in [0.05, 0.1) is 0 Å². The summed E-state index contributed by atoms with van der Waals surface area (Å²) in [5.74, 6) is 0. The molecule has 0 heterocycles. The molecule has 2 nitrogen and oxygen atoms in total. The number of hydrogen-bond donors (Lipinski definition) is 1. The quantitative estimate of drug-likeness (QED) is 0.532. The van der Waals surface area contributed by atoms with Gasteiger partial charge in [0.25, 0.3) is 0 Å². The molecule has 0 bridgehead atoms. The molecule has 0 aliphatic rings. The van der Waals surface area contributed by atoms with Crippen molar-refractivity contribution < 1.29 is 4.74 Å². The molecule has 1 atom stereocenters. The van der Waals surface area contributed by atoms with Crippen LogP contribution in [0, 0.1) is 3.57 Å². The molecule has 18 heavy (non-hydrogen) atoms. The first-order valence-corrected chi connectivity index (χ1v) is 7.82. The van der Waals surface area contributed by atoms with E-state index < -0.39 is 0 Å². The van der Waals surface area contributed by atoms with Gasteiger partial charge < -0.3 is 10.1 Å². The van der Waals surface area contributed by atoms with Crippen LogP contribution in [0.2, 0.25) is 5.02 Å². The van der Waals surface area contributed by atoms with Crippen molar-refractivity contribution >= 4 is 34.2 Å². The zero-order valence-electron chi connectivity index (χ0n) is 11.0. The highest BCUT2D eigenvalue weighted by Crippen LogP contribution is 2.26. The summed E-state index contributed by atoms with van der Waals surface area (Å²) in [7, 11) is 1.75. The smallest absolute Gasteiger partial charge is 0.0462 e. The molecule has 1 aromatic rings. The van der Waals surface area contributed by atoms with Crippen LogP contribution in [0.15, 0.2) is 18.2 Å². The molecule has 102 valence electrons. The summed E-state index contributed by atoms with van der Waals surface area (Å²) < 4.78 is 6.40. The summed E-state index contributed by atoms with van der Waals surface area (Å²) in [6.45, 7) is 4.02. The fraction of sp³-hybridized carbons (Fsp3) is 0.571. The first-order chi connectivity index (χ1) is 8.69. The number of hydrogen-bond acceptors (Lipinski definition) is 2. The van der Waals surface area contributed by atoms with Crippen molar-refractivity contribution in [3.63, 3.8) is 0 Å². The maximum atomic E-state index is 6.10. The number of halogens is 2. The Morgan fingerprint density at radius 2 is 2.22 bits per heavy atom. The normalized spacial score (nSPS) is 12.7. The summed E-state index contributed by atoms with van der Waals surface area (Å²) in [6.07, 6.45) is 3.27. The van der Waals surface area contributed by atoms with Crippen molar-refractivity contribution in [2.24, 2.45) is 0 Å². The minimum Gasteiger partial charge on any atom is -0.385 e. The van der Waals surface area contributed by atoms with Gasteiger partial charge in [-0.2, -0.15) is 0 Å². The maximum absolute atomic E-state index is 6.10. The highest BCUT2D eigenvalue weighted by Gasteiger charge is 2.14. The number of nitrogens with one attached hydrogen (secondary N) is 1. The van der Waals surface area contributed by atoms with E-state index in [-0.39, 0.29) is 0 Å². The lowest BCUT2D eigenvalue weighted by molar-refractivity contribution is 0.188. The van der Waals surface area contributed by atoms with Crippen LogP contribution in [0.4, 0.5) is 0 Å². The van der Waals surface area contributed by atoms with Crippen molar-refractivity contribution in [3.8, 4) is 0 Å². The van der Waals surface area contributed by atoms with Crippen LogP contribution in [0.5, 0.6) is 0 Å². The average Bonchev–Trinajstić information content (AvgIpc) is 2.37. The van der Waals surface area contributed by atoms with Gasteiger partial charge in [-0.25, -0.2) is 0 Å². The van der Waals surface area contributed by atoms with E-state index in [1.807, 2.05) is 6.07 Å². The van der Waals surface area contributed by atoms with Gasteiger partial charge in [0.15, 0.2) is 0 Å². The molecule has 1 N–H and O–H groups in total. The summed E-state index contributed by atoms with van der Waals surface area (Å²) in [4.78, 5) is 0. The molecule has 0 fully saturated rings. The summed E-state index contributed by atoms with van der Waals surface area (Å²) in [5, 5.41) is 4.40. The molecule has 0 saturated carbocycles. The first kappa shape index (κ1) is 16.2. The summed E-state index contributed by atoms with van der Waals surface area (Å²) in [5.41, 5.74) is 1.30. The standard InChI is InChI=1S/C14H21ClINO/c1-3-8-17-14(5-4-9-18-2)12-10-11(15)6-7-13(12)16/h6-7,10,14,17H,3-5,8-9H2,1-2H3. The zero-order chi connectivity index (χ0) is 13.4. The maximum Gasteiger partial charge on any atom is 0.0462 e. The number of ether oxygens (including phenoxy) is 1. The van der Waals surface area contributed by atoms with E-state index in [0.717, 1.165) is 37.4 Å². The van der Waals surface area contributed by atoms with E-state index in [1.54, 1.807) is 7.11 Å². The van der Waals surface area contributed by atoms with Gasteiger partial charge in [-0.05, 0) is 72.2 Å². The van der Waals surface area contributed by atoms with Crippen molar-refractivity contribution in [1.82, 2.24) is 5.32 Å².